The molecule has 0 aromatic carbocycles. The van der Waals surface area contributed by atoms with Crippen LogP contribution in [0.2, 0.25) is 0 Å². The monoisotopic (exact) mass is 175 g/mol. The molecule has 0 aromatic heterocycles. The van der Waals surface area contributed by atoms with E-state index in [1.54, 1.807) is 0 Å². The first-order chi connectivity index (χ1) is 5.66. The first-order valence-corrected chi connectivity index (χ1v) is 4.09. The summed E-state index contributed by atoms with van der Waals surface area (Å²) in [7, 11) is 0. The van der Waals surface area contributed by atoms with Gasteiger partial charge in [-0.3, -0.25) is 0 Å². The highest BCUT2D eigenvalue weighted by atomic mass is 16.3. The molecular formula is C7H17N3O2. The Morgan fingerprint density at radius 3 is 2.75 bits per heavy atom. The number of hydrogen-bond acceptors (Lipinski definition) is 3. The standard InChI is InChI=1S/C7H17N3O2/c1-2-6(11)5-9-3-4-10-7(8)12/h6,9,11H,2-5H2,1H3,(H3,8,10,12). The first-order valence-electron chi connectivity index (χ1n) is 4.09. The molecule has 1 unspecified atom stereocenters. The summed E-state index contributed by atoms with van der Waals surface area (Å²) in [6.45, 7) is 3.58. The number of aliphatic hydroxyl groups is 1. The van der Waals surface area contributed by atoms with E-state index in [0.29, 0.717) is 19.6 Å². The average molecular weight is 175 g/mol. The Labute approximate surface area is 72.3 Å². The Kier molecular flexibility index (Phi) is 6.41. The zero-order valence-electron chi connectivity index (χ0n) is 7.34. The summed E-state index contributed by atoms with van der Waals surface area (Å²) in [6, 6.07) is -0.521. The summed E-state index contributed by atoms with van der Waals surface area (Å²) in [5, 5.41) is 14.5. The lowest BCUT2D eigenvalue weighted by Crippen LogP contribution is -2.37. The highest BCUT2D eigenvalue weighted by Gasteiger charge is 1.98. The third-order valence-electron chi connectivity index (χ3n) is 1.45. The molecular weight excluding hydrogens is 158 g/mol. The molecule has 0 aromatic rings. The predicted molar refractivity (Wildman–Crippen MR) is 46.8 cm³/mol. The molecule has 0 saturated carbocycles. The van der Waals surface area contributed by atoms with Gasteiger partial charge in [0.15, 0.2) is 0 Å². The third kappa shape index (κ3) is 7.30. The molecule has 1 atom stereocenters. The first kappa shape index (κ1) is 11.2. The molecule has 0 radical (unpaired) electrons. The number of hydrogen-bond donors (Lipinski definition) is 4. The summed E-state index contributed by atoms with van der Waals surface area (Å²) in [5.74, 6) is 0. The smallest absolute Gasteiger partial charge is 0.312 e. The Balaban J connectivity index is 3.05. The third-order valence-corrected chi connectivity index (χ3v) is 1.45. The molecule has 2 amide bonds. The van der Waals surface area contributed by atoms with Crippen molar-refractivity contribution in [2.24, 2.45) is 5.73 Å². The van der Waals surface area contributed by atoms with E-state index >= 15 is 0 Å². The van der Waals surface area contributed by atoms with E-state index in [1.165, 1.54) is 0 Å². The van der Waals surface area contributed by atoms with Crippen molar-refractivity contribution in [1.82, 2.24) is 10.6 Å². The largest absolute Gasteiger partial charge is 0.392 e. The van der Waals surface area contributed by atoms with Crippen LogP contribution in [0, 0.1) is 0 Å². The highest BCUT2D eigenvalue weighted by Crippen LogP contribution is 1.84. The van der Waals surface area contributed by atoms with Crippen molar-refractivity contribution in [3.63, 3.8) is 0 Å². The van der Waals surface area contributed by atoms with Crippen LogP contribution in [0.1, 0.15) is 13.3 Å². The predicted octanol–water partition coefficient (Wildman–Crippen LogP) is -0.985. The number of urea groups is 1. The van der Waals surface area contributed by atoms with E-state index in [-0.39, 0.29) is 6.10 Å². The van der Waals surface area contributed by atoms with Gasteiger partial charge in [0.05, 0.1) is 6.10 Å². The van der Waals surface area contributed by atoms with Crippen molar-refractivity contribution >= 4 is 6.03 Å². The topological polar surface area (TPSA) is 87.4 Å². The maximum absolute atomic E-state index is 10.2. The van der Waals surface area contributed by atoms with Crippen LogP contribution < -0.4 is 16.4 Å². The van der Waals surface area contributed by atoms with E-state index in [1.807, 2.05) is 6.92 Å². The molecule has 12 heavy (non-hydrogen) atoms. The fourth-order valence-electron chi connectivity index (χ4n) is 0.687. The molecule has 5 nitrogen and oxygen atoms in total. The number of nitrogens with two attached hydrogens (primary N) is 1. The number of carbonyl (C=O) groups excluding carboxylic acids is 1. The van der Waals surface area contributed by atoms with Gasteiger partial charge >= 0.3 is 6.03 Å². The lowest BCUT2D eigenvalue weighted by molar-refractivity contribution is 0.168. The van der Waals surface area contributed by atoms with Crippen molar-refractivity contribution in [3.05, 3.63) is 0 Å². The highest BCUT2D eigenvalue weighted by molar-refractivity contribution is 5.71. The molecule has 5 N–H and O–H groups in total. The molecule has 0 aliphatic rings. The van der Waals surface area contributed by atoms with Gasteiger partial charge in [-0.2, -0.15) is 0 Å². The minimum absolute atomic E-state index is 0.307. The maximum atomic E-state index is 10.2. The Morgan fingerprint density at radius 1 is 1.58 bits per heavy atom. The minimum Gasteiger partial charge on any atom is -0.392 e. The normalized spacial score (nSPS) is 12.5. The SMILES string of the molecule is CCC(O)CNCCNC(N)=O. The van der Waals surface area contributed by atoms with Gasteiger partial charge in [0.25, 0.3) is 0 Å². The van der Waals surface area contributed by atoms with Crippen LogP contribution >= 0.6 is 0 Å². The van der Waals surface area contributed by atoms with Gasteiger partial charge in [-0.15, -0.1) is 0 Å². The summed E-state index contributed by atoms with van der Waals surface area (Å²) < 4.78 is 0. The maximum Gasteiger partial charge on any atom is 0.312 e. The van der Waals surface area contributed by atoms with Gasteiger partial charge in [-0.05, 0) is 6.42 Å². The van der Waals surface area contributed by atoms with Gasteiger partial charge < -0.3 is 21.5 Å². The summed E-state index contributed by atoms with van der Waals surface area (Å²) in [5.41, 5.74) is 4.83. The van der Waals surface area contributed by atoms with E-state index in [2.05, 4.69) is 10.6 Å². The van der Waals surface area contributed by atoms with Crippen LogP contribution in [-0.2, 0) is 0 Å². The molecule has 0 spiro atoms. The summed E-state index contributed by atoms with van der Waals surface area (Å²) in [6.07, 6.45) is 0.426. The quantitative estimate of drug-likeness (QED) is 0.391. The molecule has 72 valence electrons. The number of carbonyl (C=O) groups is 1. The second-order valence-corrected chi connectivity index (χ2v) is 2.56. The van der Waals surface area contributed by atoms with E-state index in [0.717, 1.165) is 6.42 Å². The Bertz CT molecular complexity index is 130. The molecule has 0 fully saturated rings. The molecule has 0 saturated heterocycles. The molecule has 0 heterocycles. The van der Waals surface area contributed by atoms with E-state index in [9.17, 15) is 4.79 Å². The van der Waals surface area contributed by atoms with Crippen LogP contribution in [0.5, 0.6) is 0 Å². The van der Waals surface area contributed by atoms with Crippen LogP contribution in [-0.4, -0.2) is 36.9 Å². The number of amides is 2. The Hall–Kier alpha value is -0.810. The van der Waals surface area contributed by atoms with Crippen molar-refractivity contribution in [3.8, 4) is 0 Å². The van der Waals surface area contributed by atoms with Gasteiger partial charge in [0.1, 0.15) is 0 Å². The van der Waals surface area contributed by atoms with Crippen LogP contribution in [0.25, 0.3) is 0 Å². The van der Waals surface area contributed by atoms with E-state index < -0.39 is 6.03 Å². The fraction of sp³-hybridized carbons (Fsp3) is 0.857. The molecule has 0 aliphatic carbocycles. The number of primary amides is 1. The van der Waals surface area contributed by atoms with Crippen molar-refractivity contribution in [2.45, 2.75) is 19.4 Å². The summed E-state index contributed by atoms with van der Waals surface area (Å²) in [4.78, 5) is 10.2. The van der Waals surface area contributed by atoms with E-state index in [4.69, 9.17) is 10.8 Å². The van der Waals surface area contributed by atoms with Crippen molar-refractivity contribution in [2.75, 3.05) is 19.6 Å². The van der Waals surface area contributed by atoms with Gasteiger partial charge in [0, 0.05) is 19.6 Å². The molecule has 0 bridgehead atoms. The number of aliphatic hydroxyl groups excluding tert-OH is 1. The zero-order chi connectivity index (χ0) is 9.40. The molecule has 0 rings (SSSR count). The van der Waals surface area contributed by atoms with Crippen LogP contribution in [0.15, 0.2) is 0 Å². The van der Waals surface area contributed by atoms with Crippen molar-refractivity contribution < 1.29 is 9.90 Å². The lowest BCUT2D eigenvalue weighted by Gasteiger charge is -2.08. The van der Waals surface area contributed by atoms with Crippen molar-refractivity contribution in [1.29, 1.82) is 0 Å². The van der Waals surface area contributed by atoms with Gasteiger partial charge in [-0.1, -0.05) is 6.92 Å². The van der Waals surface area contributed by atoms with Crippen LogP contribution in [0.4, 0.5) is 4.79 Å². The zero-order valence-corrected chi connectivity index (χ0v) is 7.34. The second-order valence-electron chi connectivity index (χ2n) is 2.56. The second kappa shape index (κ2) is 6.87. The number of nitrogens with one attached hydrogen (secondary N) is 2. The molecule has 5 heteroatoms. The minimum atomic E-state index is -0.521. The summed E-state index contributed by atoms with van der Waals surface area (Å²) >= 11 is 0. The van der Waals surface area contributed by atoms with Gasteiger partial charge in [0.2, 0.25) is 0 Å². The lowest BCUT2D eigenvalue weighted by atomic mass is 10.3. The Morgan fingerprint density at radius 2 is 2.25 bits per heavy atom. The molecule has 0 aliphatic heterocycles. The number of rotatable bonds is 6. The fourth-order valence-corrected chi connectivity index (χ4v) is 0.687. The van der Waals surface area contributed by atoms with Crippen LogP contribution in [0.3, 0.4) is 0 Å². The van der Waals surface area contributed by atoms with Gasteiger partial charge in [-0.25, -0.2) is 4.79 Å². The average Bonchev–Trinajstić information content (AvgIpc) is 2.03.